The number of hydrogen-bond acceptors (Lipinski definition) is 6. The van der Waals surface area contributed by atoms with Crippen LogP contribution in [-0.2, 0) is 16.1 Å². The van der Waals surface area contributed by atoms with Gasteiger partial charge in [-0.15, -0.1) is 5.10 Å². The number of piperidine rings is 1. The Labute approximate surface area is 203 Å². The van der Waals surface area contributed by atoms with Crippen molar-refractivity contribution in [2.45, 2.75) is 44.9 Å². The molecular formula is C25H28N6O4. The Hall–Kier alpha value is -4.21. The van der Waals surface area contributed by atoms with Crippen LogP contribution in [0.3, 0.4) is 0 Å². The lowest BCUT2D eigenvalue weighted by Gasteiger charge is -2.34. The van der Waals surface area contributed by atoms with Crippen molar-refractivity contribution in [1.29, 1.82) is 0 Å². The molecule has 2 heterocycles. The SMILES string of the molecule is CC(NC(=O)C1CCCCN1C(=O)OCc1ccccc1)c1ccc(-n2cc(C(N)=O)nn2)cc1. The molecule has 0 radical (unpaired) electrons. The van der Waals surface area contributed by atoms with E-state index in [9.17, 15) is 14.4 Å². The highest BCUT2D eigenvalue weighted by molar-refractivity contribution is 5.90. The minimum absolute atomic E-state index is 0.0778. The highest BCUT2D eigenvalue weighted by Crippen LogP contribution is 2.21. The second-order valence-electron chi connectivity index (χ2n) is 8.48. The van der Waals surface area contributed by atoms with E-state index in [2.05, 4.69) is 15.6 Å². The van der Waals surface area contributed by atoms with Crippen molar-refractivity contribution in [3.63, 3.8) is 0 Å². The summed E-state index contributed by atoms with van der Waals surface area (Å²) < 4.78 is 6.93. The van der Waals surface area contributed by atoms with Gasteiger partial charge in [0, 0.05) is 6.54 Å². The number of carbonyl (C=O) groups excluding carboxylic acids is 3. The Balaban J connectivity index is 1.36. The first kappa shape index (κ1) is 23.9. The van der Waals surface area contributed by atoms with E-state index in [1.165, 1.54) is 15.8 Å². The Morgan fingerprint density at radius 2 is 1.86 bits per heavy atom. The summed E-state index contributed by atoms with van der Waals surface area (Å²) in [5, 5.41) is 10.6. The number of rotatable bonds is 7. The van der Waals surface area contributed by atoms with Crippen LogP contribution in [0.2, 0.25) is 0 Å². The predicted molar refractivity (Wildman–Crippen MR) is 127 cm³/mol. The number of primary amides is 1. The van der Waals surface area contributed by atoms with Gasteiger partial charge in [0.1, 0.15) is 12.6 Å². The third kappa shape index (κ3) is 5.84. The smallest absolute Gasteiger partial charge is 0.410 e. The maximum Gasteiger partial charge on any atom is 0.410 e. The van der Waals surface area contributed by atoms with Crippen LogP contribution in [0.4, 0.5) is 4.79 Å². The van der Waals surface area contributed by atoms with Gasteiger partial charge in [-0.1, -0.05) is 47.7 Å². The first-order valence-corrected chi connectivity index (χ1v) is 11.5. The number of aromatic nitrogens is 3. The predicted octanol–water partition coefficient (Wildman–Crippen LogP) is 2.73. The molecular weight excluding hydrogens is 448 g/mol. The van der Waals surface area contributed by atoms with Gasteiger partial charge >= 0.3 is 6.09 Å². The molecule has 0 bridgehead atoms. The average Bonchev–Trinajstić information content (AvgIpc) is 3.39. The average molecular weight is 477 g/mol. The summed E-state index contributed by atoms with van der Waals surface area (Å²) in [7, 11) is 0. The van der Waals surface area contributed by atoms with Crippen LogP contribution in [0.1, 0.15) is 53.8 Å². The summed E-state index contributed by atoms with van der Waals surface area (Å²) in [4.78, 5) is 38.6. The molecule has 35 heavy (non-hydrogen) atoms. The van der Waals surface area contributed by atoms with Gasteiger partial charge < -0.3 is 15.8 Å². The molecule has 10 nitrogen and oxygen atoms in total. The van der Waals surface area contributed by atoms with Gasteiger partial charge in [-0.2, -0.15) is 0 Å². The molecule has 1 aromatic heterocycles. The highest BCUT2D eigenvalue weighted by atomic mass is 16.6. The fourth-order valence-electron chi connectivity index (χ4n) is 4.04. The molecule has 2 atom stereocenters. The van der Waals surface area contributed by atoms with Crippen LogP contribution in [0.25, 0.3) is 5.69 Å². The summed E-state index contributed by atoms with van der Waals surface area (Å²) in [6.07, 6.45) is 3.27. The zero-order chi connectivity index (χ0) is 24.8. The third-order valence-corrected chi connectivity index (χ3v) is 6.01. The normalized spacial score (nSPS) is 16.4. The Kier molecular flexibility index (Phi) is 7.39. The van der Waals surface area contributed by atoms with Gasteiger partial charge in [0.05, 0.1) is 17.9 Å². The summed E-state index contributed by atoms with van der Waals surface area (Å²) in [6.45, 7) is 2.54. The third-order valence-electron chi connectivity index (χ3n) is 6.01. The van der Waals surface area contributed by atoms with Crippen LogP contribution in [0.15, 0.2) is 60.8 Å². The van der Waals surface area contributed by atoms with Gasteiger partial charge in [-0.3, -0.25) is 14.5 Å². The summed E-state index contributed by atoms with van der Waals surface area (Å²) in [6, 6.07) is 15.9. The van der Waals surface area contributed by atoms with Crippen LogP contribution >= 0.6 is 0 Å². The molecule has 2 unspecified atom stereocenters. The van der Waals surface area contributed by atoms with Crippen molar-refractivity contribution < 1.29 is 19.1 Å². The van der Waals surface area contributed by atoms with E-state index in [1.54, 1.807) is 0 Å². The standard InChI is InChI=1S/C25H28N6O4/c1-17(19-10-12-20(13-11-19)31-15-21(23(26)32)28-29-31)27-24(33)22-9-5-6-14-30(22)25(34)35-16-18-7-3-2-4-8-18/h2-4,7-8,10-13,15,17,22H,5-6,9,14,16H2,1H3,(H2,26,32)(H,27,33). The first-order valence-electron chi connectivity index (χ1n) is 11.5. The van der Waals surface area contributed by atoms with Crippen molar-refractivity contribution in [2.24, 2.45) is 5.73 Å². The second kappa shape index (κ2) is 10.8. The largest absolute Gasteiger partial charge is 0.445 e. The molecule has 0 spiro atoms. The Bertz CT molecular complexity index is 1180. The Morgan fingerprint density at radius 1 is 1.11 bits per heavy atom. The lowest BCUT2D eigenvalue weighted by atomic mass is 10.0. The fourth-order valence-corrected chi connectivity index (χ4v) is 4.04. The number of likely N-dealkylation sites (tertiary alicyclic amines) is 1. The topological polar surface area (TPSA) is 132 Å². The lowest BCUT2D eigenvalue weighted by molar-refractivity contribution is -0.127. The molecule has 3 amide bonds. The molecule has 0 saturated carbocycles. The van der Waals surface area contributed by atoms with Crippen LogP contribution in [0, 0.1) is 0 Å². The minimum atomic E-state index is -0.648. The van der Waals surface area contributed by atoms with Crippen LogP contribution < -0.4 is 11.1 Å². The Morgan fingerprint density at radius 3 is 2.54 bits per heavy atom. The number of nitrogens with two attached hydrogens (primary N) is 1. The van der Waals surface area contributed by atoms with E-state index in [1.807, 2.05) is 61.5 Å². The zero-order valence-corrected chi connectivity index (χ0v) is 19.5. The number of hydrogen-bond donors (Lipinski definition) is 2. The molecule has 0 aliphatic carbocycles. The minimum Gasteiger partial charge on any atom is -0.445 e. The molecule has 3 aromatic rings. The van der Waals surface area contributed by atoms with E-state index in [0.29, 0.717) is 18.7 Å². The molecule has 10 heteroatoms. The van der Waals surface area contributed by atoms with E-state index < -0.39 is 18.0 Å². The molecule has 4 rings (SSSR count). The second-order valence-corrected chi connectivity index (χ2v) is 8.48. The molecule has 2 aromatic carbocycles. The number of nitrogens with one attached hydrogen (secondary N) is 1. The lowest BCUT2D eigenvalue weighted by Crippen LogP contribution is -2.52. The molecule has 1 saturated heterocycles. The number of carbonyl (C=O) groups is 3. The summed E-state index contributed by atoms with van der Waals surface area (Å²) in [5.74, 6) is -0.856. The first-order chi connectivity index (χ1) is 16.9. The van der Waals surface area contributed by atoms with Gasteiger partial charge in [0.2, 0.25) is 5.91 Å². The van der Waals surface area contributed by atoms with Crippen molar-refractivity contribution in [3.8, 4) is 5.69 Å². The molecule has 3 N–H and O–H groups in total. The summed E-state index contributed by atoms with van der Waals surface area (Å²) >= 11 is 0. The maximum atomic E-state index is 13.1. The van der Waals surface area contributed by atoms with E-state index in [4.69, 9.17) is 10.5 Å². The van der Waals surface area contributed by atoms with Crippen molar-refractivity contribution in [1.82, 2.24) is 25.2 Å². The fraction of sp³-hybridized carbons (Fsp3) is 0.320. The van der Waals surface area contributed by atoms with Gasteiger partial charge in [-0.25, -0.2) is 9.48 Å². The van der Waals surface area contributed by atoms with Crippen LogP contribution in [-0.4, -0.2) is 50.4 Å². The van der Waals surface area contributed by atoms with Gasteiger partial charge in [0.15, 0.2) is 5.69 Å². The maximum absolute atomic E-state index is 13.1. The number of nitrogens with zero attached hydrogens (tertiary/aromatic N) is 4. The van der Waals surface area contributed by atoms with Gasteiger partial charge in [-0.05, 0) is 49.4 Å². The summed E-state index contributed by atoms with van der Waals surface area (Å²) in [5.41, 5.74) is 7.78. The molecule has 182 valence electrons. The molecule has 1 aliphatic rings. The monoisotopic (exact) mass is 476 g/mol. The van der Waals surface area contributed by atoms with Crippen LogP contribution in [0.5, 0.6) is 0 Å². The number of ether oxygens (including phenoxy) is 1. The molecule has 1 fully saturated rings. The van der Waals surface area contributed by atoms with Gasteiger partial charge in [0.25, 0.3) is 5.91 Å². The molecule has 1 aliphatic heterocycles. The van der Waals surface area contributed by atoms with Crippen molar-refractivity contribution in [3.05, 3.63) is 77.6 Å². The zero-order valence-electron chi connectivity index (χ0n) is 19.5. The van der Waals surface area contributed by atoms with E-state index in [0.717, 1.165) is 24.0 Å². The van der Waals surface area contributed by atoms with E-state index in [-0.39, 0.29) is 24.2 Å². The number of benzene rings is 2. The number of amides is 3. The van der Waals surface area contributed by atoms with E-state index >= 15 is 0 Å². The quantitative estimate of drug-likeness (QED) is 0.539. The van der Waals surface area contributed by atoms with Crippen molar-refractivity contribution >= 4 is 17.9 Å². The highest BCUT2D eigenvalue weighted by Gasteiger charge is 2.33. The van der Waals surface area contributed by atoms with Crippen molar-refractivity contribution in [2.75, 3.05) is 6.54 Å².